The number of thiophene rings is 1. The first kappa shape index (κ1) is 15.6. The van der Waals surface area contributed by atoms with Gasteiger partial charge in [-0.05, 0) is 55.0 Å². The van der Waals surface area contributed by atoms with Gasteiger partial charge in [0.25, 0.3) is 0 Å². The standard InChI is InChI=1S/C17H21NO2S/c1-12-9-14(3)16(10-13(12)2)20-7-6-18-17(19)11-15-5-4-8-21-15/h4-5,8-10H,6-7,11H2,1-3H3,(H,18,19). The maximum Gasteiger partial charge on any atom is 0.225 e. The lowest BCUT2D eigenvalue weighted by Crippen LogP contribution is -2.29. The quantitative estimate of drug-likeness (QED) is 0.831. The average molecular weight is 303 g/mol. The Bertz CT molecular complexity index is 606. The Morgan fingerprint density at radius 3 is 2.67 bits per heavy atom. The van der Waals surface area contributed by atoms with Gasteiger partial charge in [0, 0.05) is 4.88 Å². The van der Waals surface area contributed by atoms with E-state index in [1.165, 1.54) is 11.1 Å². The van der Waals surface area contributed by atoms with Crippen molar-refractivity contribution in [1.82, 2.24) is 5.32 Å². The number of hydrogen-bond donors (Lipinski definition) is 1. The molecule has 1 N–H and O–H groups in total. The van der Waals surface area contributed by atoms with Crippen molar-refractivity contribution in [3.63, 3.8) is 0 Å². The second-order valence-electron chi connectivity index (χ2n) is 5.16. The molecule has 0 saturated heterocycles. The van der Waals surface area contributed by atoms with Crippen molar-refractivity contribution in [2.24, 2.45) is 0 Å². The first-order valence-corrected chi connectivity index (χ1v) is 7.94. The third-order valence-electron chi connectivity index (χ3n) is 3.39. The Kier molecular flexibility index (Phi) is 5.39. The summed E-state index contributed by atoms with van der Waals surface area (Å²) in [5.74, 6) is 0.934. The van der Waals surface area contributed by atoms with Crippen LogP contribution in [-0.2, 0) is 11.2 Å². The van der Waals surface area contributed by atoms with E-state index in [4.69, 9.17) is 4.74 Å². The summed E-state index contributed by atoms with van der Waals surface area (Å²) >= 11 is 1.60. The minimum atomic E-state index is 0.0397. The van der Waals surface area contributed by atoms with Gasteiger partial charge < -0.3 is 10.1 Å². The lowest BCUT2D eigenvalue weighted by Gasteiger charge is -2.12. The van der Waals surface area contributed by atoms with Crippen molar-refractivity contribution in [3.05, 3.63) is 51.2 Å². The molecular weight excluding hydrogens is 282 g/mol. The van der Waals surface area contributed by atoms with Crippen LogP contribution in [-0.4, -0.2) is 19.1 Å². The van der Waals surface area contributed by atoms with E-state index in [0.29, 0.717) is 19.6 Å². The number of carbonyl (C=O) groups is 1. The number of benzene rings is 1. The van der Waals surface area contributed by atoms with Crippen LogP contribution in [0, 0.1) is 20.8 Å². The van der Waals surface area contributed by atoms with Gasteiger partial charge in [-0.1, -0.05) is 12.1 Å². The number of amides is 1. The van der Waals surface area contributed by atoms with Crippen LogP contribution in [0.5, 0.6) is 5.75 Å². The minimum absolute atomic E-state index is 0.0397. The number of hydrogen-bond acceptors (Lipinski definition) is 3. The molecule has 0 aliphatic rings. The molecular formula is C17H21NO2S. The molecule has 1 aromatic carbocycles. The van der Waals surface area contributed by atoms with E-state index < -0.39 is 0 Å². The molecule has 21 heavy (non-hydrogen) atoms. The van der Waals surface area contributed by atoms with Crippen molar-refractivity contribution >= 4 is 17.2 Å². The number of ether oxygens (including phenoxy) is 1. The van der Waals surface area contributed by atoms with Gasteiger partial charge >= 0.3 is 0 Å². The second-order valence-corrected chi connectivity index (χ2v) is 6.19. The Morgan fingerprint density at radius 2 is 1.95 bits per heavy atom. The highest BCUT2D eigenvalue weighted by atomic mass is 32.1. The van der Waals surface area contributed by atoms with Crippen LogP contribution in [0.25, 0.3) is 0 Å². The van der Waals surface area contributed by atoms with Crippen molar-refractivity contribution in [2.75, 3.05) is 13.2 Å². The molecule has 1 heterocycles. The Morgan fingerprint density at radius 1 is 1.19 bits per heavy atom. The SMILES string of the molecule is Cc1cc(C)c(OCCNC(=O)Cc2cccs2)cc1C. The Labute approximate surface area is 130 Å². The molecule has 0 spiro atoms. The first-order valence-electron chi connectivity index (χ1n) is 7.06. The van der Waals surface area contributed by atoms with Gasteiger partial charge in [-0.2, -0.15) is 0 Å². The maximum absolute atomic E-state index is 11.7. The molecule has 3 nitrogen and oxygen atoms in total. The summed E-state index contributed by atoms with van der Waals surface area (Å²) in [4.78, 5) is 12.8. The molecule has 4 heteroatoms. The van der Waals surface area contributed by atoms with E-state index in [-0.39, 0.29) is 5.91 Å². The summed E-state index contributed by atoms with van der Waals surface area (Å²) in [5, 5.41) is 4.86. The van der Waals surface area contributed by atoms with Gasteiger partial charge in [0.2, 0.25) is 5.91 Å². The highest BCUT2D eigenvalue weighted by Gasteiger charge is 2.05. The van der Waals surface area contributed by atoms with Crippen LogP contribution >= 0.6 is 11.3 Å². The number of carbonyl (C=O) groups excluding carboxylic acids is 1. The zero-order valence-corrected chi connectivity index (χ0v) is 13.5. The van der Waals surface area contributed by atoms with Gasteiger partial charge in [-0.25, -0.2) is 0 Å². The molecule has 0 bridgehead atoms. The monoisotopic (exact) mass is 303 g/mol. The highest BCUT2D eigenvalue weighted by molar-refractivity contribution is 7.10. The van der Waals surface area contributed by atoms with Crippen LogP contribution in [0.1, 0.15) is 21.6 Å². The smallest absolute Gasteiger partial charge is 0.225 e. The summed E-state index contributed by atoms with van der Waals surface area (Å²) in [6.45, 7) is 7.22. The van der Waals surface area contributed by atoms with Crippen molar-refractivity contribution in [1.29, 1.82) is 0 Å². The third kappa shape index (κ3) is 4.60. The average Bonchev–Trinajstić information content (AvgIpc) is 2.93. The van der Waals surface area contributed by atoms with Gasteiger partial charge in [0.1, 0.15) is 12.4 Å². The van der Waals surface area contributed by atoms with E-state index in [1.807, 2.05) is 24.4 Å². The molecule has 1 aromatic heterocycles. The molecule has 0 aliphatic heterocycles. The fourth-order valence-corrected chi connectivity index (χ4v) is 2.78. The van der Waals surface area contributed by atoms with Gasteiger partial charge in [0.15, 0.2) is 0 Å². The van der Waals surface area contributed by atoms with Crippen molar-refractivity contribution in [3.8, 4) is 5.75 Å². The Balaban J connectivity index is 1.75. The molecule has 0 fully saturated rings. The fourth-order valence-electron chi connectivity index (χ4n) is 2.07. The van der Waals surface area contributed by atoms with E-state index in [0.717, 1.165) is 16.2 Å². The van der Waals surface area contributed by atoms with E-state index in [2.05, 4.69) is 31.3 Å². The molecule has 2 rings (SSSR count). The predicted octanol–water partition coefficient (Wildman–Crippen LogP) is 3.41. The molecule has 112 valence electrons. The van der Waals surface area contributed by atoms with Gasteiger partial charge in [-0.3, -0.25) is 4.79 Å². The van der Waals surface area contributed by atoms with E-state index in [9.17, 15) is 4.79 Å². The molecule has 0 unspecified atom stereocenters. The normalized spacial score (nSPS) is 10.4. The van der Waals surface area contributed by atoms with Gasteiger partial charge in [0.05, 0.1) is 13.0 Å². The molecule has 2 aromatic rings. The highest BCUT2D eigenvalue weighted by Crippen LogP contribution is 2.22. The van der Waals surface area contributed by atoms with Crippen LogP contribution in [0.3, 0.4) is 0 Å². The van der Waals surface area contributed by atoms with E-state index in [1.54, 1.807) is 11.3 Å². The first-order chi connectivity index (χ1) is 10.1. The molecule has 0 radical (unpaired) electrons. The van der Waals surface area contributed by atoms with Crippen LogP contribution in [0.2, 0.25) is 0 Å². The Hall–Kier alpha value is -1.81. The van der Waals surface area contributed by atoms with Crippen LogP contribution in [0.15, 0.2) is 29.6 Å². The number of nitrogens with one attached hydrogen (secondary N) is 1. The number of aryl methyl sites for hydroxylation is 3. The predicted molar refractivity (Wildman–Crippen MR) is 87.2 cm³/mol. The summed E-state index contributed by atoms with van der Waals surface area (Å²) in [6.07, 6.45) is 0.445. The summed E-state index contributed by atoms with van der Waals surface area (Å²) < 4.78 is 5.75. The zero-order valence-electron chi connectivity index (χ0n) is 12.7. The zero-order chi connectivity index (χ0) is 15.2. The summed E-state index contributed by atoms with van der Waals surface area (Å²) in [6, 6.07) is 8.11. The van der Waals surface area contributed by atoms with E-state index >= 15 is 0 Å². The fraction of sp³-hybridized carbons (Fsp3) is 0.353. The third-order valence-corrected chi connectivity index (χ3v) is 4.26. The van der Waals surface area contributed by atoms with Gasteiger partial charge in [-0.15, -0.1) is 11.3 Å². The molecule has 0 atom stereocenters. The molecule has 0 saturated carbocycles. The lowest BCUT2D eigenvalue weighted by atomic mass is 10.1. The van der Waals surface area contributed by atoms with Crippen molar-refractivity contribution in [2.45, 2.75) is 27.2 Å². The lowest BCUT2D eigenvalue weighted by molar-refractivity contribution is -0.120. The summed E-state index contributed by atoms with van der Waals surface area (Å²) in [5.41, 5.74) is 3.62. The maximum atomic E-state index is 11.7. The molecule has 0 aliphatic carbocycles. The number of rotatable bonds is 6. The van der Waals surface area contributed by atoms with Crippen molar-refractivity contribution < 1.29 is 9.53 Å². The van der Waals surface area contributed by atoms with Crippen LogP contribution < -0.4 is 10.1 Å². The summed E-state index contributed by atoms with van der Waals surface area (Å²) in [7, 11) is 0. The topological polar surface area (TPSA) is 38.3 Å². The largest absolute Gasteiger partial charge is 0.491 e. The second kappa shape index (κ2) is 7.27. The minimum Gasteiger partial charge on any atom is -0.491 e. The molecule has 1 amide bonds. The van der Waals surface area contributed by atoms with Crippen LogP contribution in [0.4, 0.5) is 0 Å².